The molecule has 0 saturated carbocycles. The van der Waals surface area contributed by atoms with E-state index in [1.165, 1.54) is 0 Å². The van der Waals surface area contributed by atoms with Crippen LogP contribution in [0.25, 0.3) is 11.0 Å². The predicted molar refractivity (Wildman–Crippen MR) is 138 cm³/mol. The van der Waals surface area contributed by atoms with E-state index in [0.29, 0.717) is 30.3 Å². The SMILES string of the molecule is Cc1cccc(N2C[C@H](c3nc4ccccc4n3C[C@@H](O)COc3ccc(Cl)c(C)c3)CC2=O)c1. The Hall–Kier alpha value is -3.35. The van der Waals surface area contributed by atoms with Crippen molar-refractivity contribution in [1.29, 1.82) is 0 Å². The summed E-state index contributed by atoms with van der Waals surface area (Å²) in [6, 6.07) is 21.3. The van der Waals surface area contributed by atoms with Gasteiger partial charge in [-0.25, -0.2) is 4.98 Å². The smallest absolute Gasteiger partial charge is 0.227 e. The predicted octanol–water partition coefficient (Wildman–Crippen LogP) is 5.27. The summed E-state index contributed by atoms with van der Waals surface area (Å²) >= 11 is 6.10. The highest BCUT2D eigenvalue weighted by Crippen LogP contribution is 2.33. The number of aliphatic hydroxyl groups is 1. The molecule has 1 saturated heterocycles. The van der Waals surface area contributed by atoms with Crippen LogP contribution in [0.4, 0.5) is 5.69 Å². The van der Waals surface area contributed by atoms with Gasteiger partial charge in [0, 0.05) is 29.6 Å². The number of carbonyl (C=O) groups excluding carboxylic acids is 1. The van der Waals surface area contributed by atoms with Crippen LogP contribution in [0.1, 0.15) is 29.3 Å². The third-order valence-corrected chi connectivity index (χ3v) is 6.88. The maximum absolute atomic E-state index is 12.9. The Kier molecular flexibility index (Phi) is 6.50. The first kappa shape index (κ1) is 23.4. The molecule has 0 unspecified atom stereocenters. The van der Waals surface area contributed by atoms with E-state index in [9.17, 15) is 9.90 Å². The minimum absolute atomic E-state index is 0.0672. The zero-order chi connectivity index (χ0) is 24.5. The van der Waals surface area contributed by atoms with E-state index in [2.05, 4.69) is 0 Å². The fourth-order valence-corrected chi connectivity index (χ4v) is 4.80. The summed E-state index contributed by atoms with van der Waals surface area (Å²) in [5.74, 6) is 1.50. The first-order valence-electron chi connectivity index (χ1n) is 11.8. The molecule has 1 amide bonds. The Balaban J connectivity index is 1.37. The molecule has 1 aliphatic heterocycles. The number of aryl methyl sites for hydroxylation is 2. The Bertz CT molecular complexity index is 1380. The van der Waals surface area contributed by atoms with Gasteiger partial charge in [-0.05, 0) is 67.4 Å². The lowest BCUT2D eigenvalue weighted by Gasteiger charge is -2.19. The van der Waals surface area contributed by atoms with Gasteiger partial charge in [-0.2, -0.15) is 0 Å². The van der Waals surface area contributed by atoms with Gasteiger partial charge in [0.2, 0.25) is 5.91 Å². The zero-order valence-corrected chi connectivity index (χ0v) is 20.6. The van der Waals surface area contributed by atoms with Crippen molar-refractivity contribution in [1.82, 2.24) is 9.55 Å². The molecule has 1 aliphatic rings. The Morgan fingerprint density at radius 3 is 2.74 bits per heavy atom. The number of aromatic nitrogens is 2. The topological polar surface area (TPSA) is 67.6 Å². The number of benzene rings is 3. The molecule has 4 aromatic rings. The minimum atomic E-state index is -0.757. The molecule has 1 N–H and O–H groups in total. The number of anilines is 1. The van der Waals surface area contributed by atoms with E-state index in [4.69, 9.17) is 21.3 Å². The van der Waals surface area contributed by atoms with Crippen LogP contribution in [0, 0.1) is 13.8 Å². The van der Waals surface area contributed by atoms with Crippen molar-refractivity contribution < 1.29 is 14.6 Å². The van der Waals surface area contributed by atoms with Crippen molar-refractivity contribution in [3.63, 3.8) is 0 Å². The summed E-state index contributed by atoms with van der Waals surface area (Å²) < 4.78 is 7.86. The Labute approximate surface area is 209 Å². The standard InChI is InChI=1S/C28H28ClN3O3/c1-18-6-5-7-21(12-18)31-15-20(14-27(31)34)28-30-25-8-3-4-9-26(25)32(28)16-22(33)17-35-23-10-11-24(29)19(2)13-23/h3-13,20,22,33H,14-17H2,1-2H3/t20-,22-/m1/s1. The van der Waals surface area contributed by atoms with E-state index in [1.807, 2.05) is 77.9 Å². The second kappa shape index (κ2) is 9.72. The maximum Gasteiger partial charge on any atom is 0.227 e. The van der Waals surface area contributed by atoms with Gasteiger partial charge < -0.3 is 19.3 Å². The number of aliphatic hydroxyl groups excluding tert-OH is 1. The summed E-state index contributed by atoms with van der Waals surface area (Å²) in [4.78, 5) is 19.7. The van der Waals surface area contributed by atoms with Gasteiger partial charge in [-0.15, -0.1) is 0 Å². The van der Waals surface area contributed by atoms with Gasteiger partial charge >= 0.3 is 0 Å². The zero-order valence-electron chi connectivity index (χ0n) is 19.8. The number of halogens is 1. The van der Waals surface area contributed by atoms with Crippen molar-refractivity contribution >= 4 is 34.2 Å². The van der Waals surface area contributed by atoms with E-state index in [0.717, 1.165) is 33.7 Å². The highest BCUT2D eigenvalue weighted by molar-refractivity contribution is 6.31. The lowest BCUT2D eigenvalue weighted by Crippen LogP contribution is -2.26. The third-order valence-electron chi connectivity index (χ3n) is 6.45. The van der Waals surface area contributed by atoms with Crippen molar-refractivity contribution in [2.24, 2.45) is 0 Å². The summed E-state index contributed by atoms with van der Waals surface area (Å²) in [6.45, 7) is 4.94. The number of hydrogen-bond acceptors (Lipinski definition) is 4. The lowest BCUT2D eigenvalue weighted by atomic mass is 10.1. The number of nitrogens with zero attached hydrogens (tertiary/aromatic N) is 3. The molecule has 2 heterocycles. The molecule has 2 atom stereocenters. The van der Waals surface area contributed by atoms with Crippen LogP contribution in [-0.4, -0.2) is 39.8 Å². The average Bonchev–Trinajstić information content (AvgIpc) is 3.40. The number of ether oxygens (including phenoxy) is 1. The lowest BCUT2D eigenvalue weighted by molar-refractivity contribution is -0.117. The van der Waals surface area contributed by atoms with E-state index in [1.54, 1.807) is 12.1 Å². The second-order valence-electron chi connectivity index (χ2n) is 9.19. The molecule has 5 rings (SSSR count). The molecule has 3 aromatic carbocycles. The first-order valence-corrected chi connectivity index (χ1v) is 12.2. The molecule has 0 bridgehead atoms. The molecule has 180 valence electrons. The van der Waals surface area contributed by atoms with Crippen LogP contribution >= 0.6 is 11.6 Å². The fourth-order valence-electron chi connectivity index (χ4n) is 4.69. The number of rotatable bonds is 7. The fraction of sp³-hybridized carbons (Fsp3) is 0.286. The molecule has 7 heteroatoms. The van der Waals surface area contributed by atoms with E-state index in [-0.39, 0.29) is 18.4 Å². The van der Waals surface area contributed by atoms with E-state index >= 15 is 0 Å². The highest BCUT2D eigenvalue weighted by Gasteiger charge is 2.35. The maximum atomic E-state index is 12.9. The van der Waals surface area contributed by atoms with Crippen LogP contribution in [0.5, 0.6) is 5.75 Å². The number of imidazole rings is 1. The van der Waals surface area contributed by atoms with Crippen LogP contribution in [0.3, 0.4) is 0 Å². The van der Waals surface area contributed by atoms with Crippen LogP contribution < -0.4 is 9.64 Å². The molecular weight excluding hydrogens is 462 g/mol. The average molecular weight is 490 g/mol. The van der Waals surface area contributed by atoms with Crippen molar-refractivity contribution in [3.05, 3.63) is 88.7 Å². The molecular formula is C28H28ClN3O3. The molecule has 0 radical (unpaired) electrons. The van der Waals surface area contributed by atoms with Crippen LogP contribution in [-0.2, 0) is 11.3 Å². The third kappa shape index (κ3) is 4.90. The highest BCUT2D eigenvalue weighted by atomic mass is 35.5. The van der Waals surface area contributed by atoms with Gasteiger partial charge in [-0.3, -0.25) is 4.79 Å². The van der Waals surface area contributed by atoms with E-state index < -0.39 is 6.10 Å². The quantitative estimate of drug-likeness (QED) is 0.384. The van der Waals surface area contributed by atoms with Gasteiger partial charge in [0.15, 0.2) is 0 Å². The summed E-state index contributed by atoms with van der Waals surface area (Å²) in [5, 5.41) is 11.5. The number of amides is 1. The van der Waals surface area contributed by atoms with Gasteiger partial charge in [0.1, 0.15) is 24.3 Å². The summed E-state index contributed by atoms with van der Waals surface area (Å²) in [5.41, 5.74) is 4.73. The van der Waals surface area contributed by atoms with Crippen molar-refractivity contribution in [2.45, 2.75) is 38.8 Å². The first-order chi connectivity index (χ1) is 16.9. The Morgan fingerprint density at radius 2 is 1.94 bits per heavy atom. The normalized spacial score (nSPS) is 16.7. The van der Waals surface area contributed by atoms with Gasteiger partial charge in [0.05, 0.1) is 17.6 Å². The van der Waals surface area contributed by atoms with Crippen molar-refractivity contribution in [2.75, 3.05) is 18.1 Å². The number of hydrogen-bond donors (Lipinski definition) is 1. The molecule has 6 nitrogen and oxygen atoms in total. The number of para-hydroxylation sites is 2. The molecule has 0 aliphatic carbocycles. The molecule has 35 heavy (non-hydrogen) atoms. The molecule has 1 aromatic heterocycles. The molecule has 0 spiro atoms. The summed E-state index contributed by atoms with van der Waals surface area (Å²) in [7, 11) is 0. The second-order valence-corrected chi connectivity index (χ2v) is 9.60. The largest absolute Gasteiger partial charge is 0.491 e. The van der Waals surface area contributed by atoms with Gasteiger partial charge in [-0.1, -0.05) is 35.9 Å². The number of carbonyl (C=O) groups is 1. The van der Waals surface area contributed by atoms with Gasteiger partial charge in [0.25, 0.3) is 0 Å². The number of fused-ring (bicyclic) bond motifs is 1. The monoisotopic (exact) mass is 489 g/mol. The summed E-state index contributed by atoms with van der Waals surface area (Å²) in [6.07, 6.45) is -0.374. The van der Waals surface area contributed by atoms with Crippen molar-refractivity contribution in [3.8, 4) is 5.75 Å². The van der Waals surface area contributed by atoms with Crippen LogP contribution in [0.2, 0.25) is 5.02 Å². The Morgan fingerprint density at radius 1 is 1.11 bits per heavy atom. The molecule has 1 fully saturated rings. The minimum Gasteiger partial charge on any atom is -0.491 e. The van der Waals surface area contributed by atoms with Crippen LogP contribution in [0.15, 0.2) is 66.7 Å².